The molecule has 10 nitrogen and oxygen atoms in total. The van der Waals surface area contributed by atoms with Crippen LogP contribution in [0.25, 0.3) is 33.5 Å². The molecule has 0 radical (unpaired) electrons. The molecular weight excluding hydrogens is 491 g/mol. The lowest BCUT2D eigenvalue weighted by Crippen LogP contribution is -2.33. The Bertz CT molecular complexity index is 1360. The van der Waals surface area contributed by atoms with Gasteiger partial charge in [-0.2, -0.15) is 9.97 Å². The number of fused-ring (bicyclic) bond motifs is 2. The molecule has 1 aliphatic carbocycles. The van der Waals surface area contributed by atoms with Gasteiger partial charge in [0.1, 0.15) is 17.7 Å². The van der Waals surface area contributed by atoms with Crippen LogP contribution in [0.15, 0.2) is 18.3 Å². The van der Waals surface area contributed by atoms with E-state index < -0.39 is 25.4 Å². The lowest BCUT2D eigenvalue weighted by atomic mass is 9.93. The van der Waals surface area contributed by atoms with Gasteiger partial charge in [0.15, 0.2) is 5.65 Å². The van der Waals surface area contributed by atoms with Crippen molar-refractivity contribution in [1.29, 1.82) is 0 Å². The number of anilines is 1. The van der Waals surface area contributed by atoms with Crippen molar-refractivity contribution in [3.63, 3.8) is 0 Å². The number of alkyl halides is 5. The van der Waals surface area contributed by atoms with Crippen LogP contribution in [0.1, 0.15) is 25.7 Å². The molecule has 1 fully saturated rings. The highest BCUT2D eigenvalue weighted by atomic mass is 19.4. The zero-order valence-corrected chi connectivity index (χ0v) is 18.9. The average molecular weight is 512 g/mol. The van der Waals surface area contributed by atoms with Gasteiger partial charge in [0.2, 0.25) is 11.8 Å². The minimum Gasteiger partial charge on any atom is -0.480 e. The second kappa shape index (κ2) is 9.44. The van der Waals surface area contributed by atoms with E-state index >= 15 is 0 Å². The standard InChI is InChI=1S/C21H21F5N8O2/c1-35-19-16-12(13-6-7-14-18(29-13)34(33-32-14)9-15(22)23)8-27-17(16)30-20(31-19)28-10-2-4-11(5-3-10)36-21(24,25)26/h6-8,10-11,15H,2-5,9H2,1H3,(H2,27,28,30,31)/t10-,11+. The van der Waals surface area contributed by atoms with Crippen molar-refractivity contribution in [2.24, 2.45) is 0 Å². The van der Waals surface area contributed by atoms with Gasteiger partial charge in [-0.3, -0.25) is 4.74 Å². The molecule has 15 heteroatoms. The highest BCUT2D eigenvalue weighted by Gasteiger charge is 2.35. The summed E-state index contributed by atoms with van der Waals surface area (Å²) in [7, 11) is 1.44. The lowest BCUT2D eigenvalue weighted by molar-refractivity contribution is -0.345. The van der Waals surface area contributed by atoms with E-state index in [0.29, 0.717) is 40.6 Å². The number of hydrogen-bond donors (Lipinski definition) is 2. The van der Waals surface area contributed by atoms with E-state index in [1.165, 1.54) is 7.11 Å². The summed E-state index contributed by atoms with van der Waals surface area (Å²) in [4.78, 5) is 16.4. The van der Waals surface area contributed by atoms with Gasteiger partial charge < -0.3 is 15.0 Å². The molecular formula is C21H21F5N8O2. The third kappa shape index (κ3) is 5.01. The Morgan fingerprint density at radius 3 is 2.61 bits per heavy atom. The van der Waals surface area contributed by atoms with Crippen LogP contribution in [0.3, 0.4) is 0 Å². The van der Waals surface area contributed by atoms with Gasteiger partial charge in [0.25, 0.3) is 6.43 Å². The van der Waals surface area contributed by atoms with Crippen molar-refractivity contribution in [2.75, 3.05) is 12.4 Å². The molecule has 0 aromatic carbocycles. The minimum absolute atomic E-state index is 0.124. The van der Waals surface area contributed by atoms with Gasteiger partial charge in [0.05, 0.1) is 24.3 Å². The molecule has 2 N–H and O–H groups in total. The van der Waals surface area contributed by atoms with Crippen molar-refractivity contribution in [2.45, 2.75) is 57.2 Å². The Morgan fingerprint density at radius 2 is 1.92 bits per heavy atom. The molecule has 0 saturated heterocycles. The predicted octanol–water partition coefficient (Wildman–Crippen LogP) is 4.30. The molecule has 4 heterocycles. The zero-order chi connectivity index (χ0) is 25.4. The SMILES string of the molecule is COc1nc(N[C@H]2CC[C@@H](OC(F)(F)F)CC2)nc2[nH]cc(-c3ccc4nnn(CC(F)F)c4n3)c12. The van der Waals surface area contributed by atoms with Crippen molar-refractivity contribution in [3.05, 3.63) is 18.3 Å². The summed E-state index contributed by atoms with van der Waals surface area (Å²) in [6.07, 6.45) is -5.02. The monoisotopic (exact) mass is 512 g/mol. The van der Waals surface area contributed by atoms with Crippen LogP contribution >= 0.6 is 0 Å². The molecule has 0 aliphatic heterocycles. The number of pyridine rings is 1. The first-order chi connectivity index (χ1) is 17.2. The van der Waals surface area contributed by atoms with E-state index in [0.717, 1.165) is 4.68 Å². The fraction of sp³-hybridized carbons (Fsp3) is 0.476. The van der Waals surface area contributed by atoms with Gasteiger partial charge in [0, 0.05) is 17.8 Å². The average Bonchev–Trinajstić information content (AvgIpc) is 3.42. The Kier molecular flexibility index (Phi) is 6.32. The molecule has 5 rings (SSSR count). The number of aromatic amines is 1. The van der Waals surface area contributed by atoms with Gasteiger partial charge in [-0.1, -0.05) is 5.21 Å². The number of nitrogens with one attached hydrogen (secondary N) is 2. The smallest absolute Gasteiger partial charge is 0.480 e. The third-order valence-corrected chi connectivity index (χ3v) is 5.95. The van der Waals surface area contributed by atoms with Gasteiger partial charge in [-0.05, 0) is 37.8 Å². The number of halogens is 5. The van der Waals surface area contributed by atoms with Crippen LogP contribution < -0.4 is 10.1 Å². The number of rotatable bonds is 7. The normalized spacial score (nSPS) is 18.9. The van der Waals surface area contributed by atoms with Crippen LogP contribution in [0.2, 0.25) is 0 Å². The first-order valence-corrected chi connectivity index (χ1v) is 11.1. The summed E-state index contributed by atoms with van der Waals surface area (Å²) in [5.74, 6) is 0.504. The third-order valence-electron chi connectivity index (χ3n) is 5.95. The maximum atomic E-state index is 12.9. The fourth-order valence-corrected chi connectivity index (χ4v) is 4.37. The molecule has 36 heavy (non-hydrogen) atoms. The van der Waals surface area contributed by atoms with Crippen LogP contribution in [-0.2, 0) is 11.3 Å². The van der Waals surface area contributed by atoms with E-state index in [1.807, 2.05) is 0 Å². The topological polar surface area (TPSA) is 116 Å². The van der Waals surface area contributed by atoms with Gasteiger partial charge in [-0.15, -0.1) is 18.3 Å². The maximum absolute atomic E-state index is 12.9. The summed E-state index contributed by atoms with van der Waals surface area (Å²) in [6.45, 7) is -0.632. The molecule has 0 bridgehead atoms. The van der Waals surface area contributed by atoms with Crippen molar-refractivity contribution >= 4 is 28.1 Å². The fourth-order valence-electron chi connectivity index (χ4n) is 4.37. The molecule has 192 valence electrons. The Labute approximate surface area is 200 Å². The molecule has 0 atom stereocenters. The predicted molar refractivity (Wildman–Crippen MR) is 118 cm³/mol. The van der Waals surface area contributed by atoms with Crippen molar-refractivity contribution < 1.29 is 31.4 Å². The first-order valence-electron chi connectivity index (χ1n) is 11.1. The summed E-state index contributed by atoms with van der Waals surface area (Å²) in [5, 5.41) is 11.3. The molecule has 1 saturated carbocycles. The molecule has 4 aromatic heterocycles. The Morgan fingerprint density at radius 1 is 1.14 bits per heavy atom. The highest BCUT2D eigenvalue weighted by molar-refractivity contribution is 5.97. The van der Waals surface area contributed by atoms with Gasteiger partial charge >= 0.3 is 6.36 Å². The van der Waals surface area contributed by atoms with Crippen LogP contribution in [0.4, 0.5) is 27.9 Å². The lowest BCUT2D eigenvalue weighted by Gasteiger charge is -2.29. The summed E-state index contributed by atoms with van der Waals surface area (Å²) >= 11 is 0. The van der Waals surface area contributed by atoms with Crippen LogP contribution in [0.5, 0.6) is 5.88 Å². The number of methoxy groups -OCH3 is 1. The Hall–Kier alpha value is -3.62. The molecule has 4 aromatic rings. The van der Waals surface area contributed by atoms with Gasteiger partial charge in [-0.25, -0.2) is 18.4 Å². The number of nitrogens with zero attached hydrogens (tertiary/aromatic N) is 6. The minimum atomic E-state index is -4.64. The number of ether oxygens (including phenoxy) is 2. The van der Waals surface area contributed by atoms with E-state index in [9.17, 15) is 22.0 Å². The van der Waals surface area contributed by atoms with Crippen LogP contribution in [0, 0.1) is 0 Å². The van der Waals surface area contributed by atoms with Crippen molar-refractivity contribution in [1.82, 2.24) is 34.9 Å². The quantitative estimate of drug-likeness (QED) is 0.352. The maximum Gasteiger partial charge on any atom is 0.522 e. The first kappa shape index (κ1) is 24.1. The largest absolute Gasteiger partial charge is 0.522 e. The van der Waals surface area contributed by atoms with E-state index in [-0.39, 0.29) is 36.4 Å². The summed E-state index contributed by atoms with van der Waals surface area (Å²) in [6, 6.07) is 3.19. The van der Waals surface area contributed by atoms with E-state index in [2.05, 4.69) is 40.3 Å². The molecule has 1 aliphatic rings. The number of H-pyrrole nitrogens is 1. The van der Waals surface area contributed by atoms with Crippen LogP contribution in [-0.4, -0.2) is 67.0 Å². The van der Waals surface area contributed by atoms with E-state index in [1.54, 1.807) is 18.3 Å². The molecule has 0 amide bonds. The Balaban J connectivity index is 1.39. The van der Waals surface area contributed by atoms with E-state index in [4.69, 9.17) is 4.74 Å². The second-order valence-corrected chi connectivity index (χ2v) is 8.37. The zero-order valence-electron chi connectivity index (χ0n) is 18.9. The summed E-state index contributed by atoms with van der Waals surface area (Å²) in [5.41, 5.74) is 2.08. The highest BCUT2D eigenvalue weighted by Crippen LogP contribution is 2.35. The number of hydrogen-bond acceptors (Lipinski definition) is 8. The molecule has 0 spiro atoms. The van der Waals surface area contributed by atoms with Crippen molar-refractivity contribution in [3.8, 4) is 17.1 Å². The second-order valence-electron chi connectivity index (χ2n) is 8.37. The molecule has 0 unspecified atom stereocenters. The summed E-state index contributed by atoms with van der Waals surface area (Å²) < 4.78 is 73.8. The number of aromatic nitrogens is 7.